The highest BCUT2D eigenvalue weighted by Gasteiger charge is 2.11. The summed E-state index contributed by atoms with van der Waals surface area (Å²) in [6, 6.07) is 17.4. The van der Waals surface area contributed by atoms with Gasteiger partial charge in [0, 0.05) is 18.8 Å². The predicted octanol–water partition coefficient (Wildman–Crippen LogP) is 2.84. The first-order valence-corrected chi connectivity index (χ1v) is 10.5. The number of ether oxygens (including phenoxy) is 1. The molecule has 0 bridgehead atoms. The lowest BCUT2D eigenvalue weighted by Crippen LogP contribution is -2.39. The number of rotatable bonds is 9. The Kier molecular flexibility index (Phi) is 8.00. The fraction of sp³-hybridized carbons (Fsp3) is 0.348. The number of aromatic nitrogens is 3. The highest BCUT2D eigenvalue weighted by atomic mass is 16.5. The van der Waals surface area contributed by atoms with Crippen LogP contribution in [0.25, 0.3) is 5.69 Å². The van der Waals surface area contributed by atoms with Crippen LogP contribution in [0.5, 0.6) is 5.75 Å². The Bertz CT molecular complexity index is 971. The number of aliphatic imine (C=N–C) groups is 1. The monoisotopic (exact) mass is 422 g/mol. The van der Waals surface area contributed by atoms with E-state index in [-0.39, 0.29) is 6.10 Å². The molecule has 3 aromatic rings. The molecule has 0 radical (unpaired) electrons. The van der Waals surface area contributed by atoms with Gasteiger partial charge in [-0.15, -0.1) is 10.2 Å². The second kappa shape index (κ2) is 11.1. The number of aliphatic hydroxyl groups is 1. The van der Waals surface area contributed by atoms with Gasteiger partial charge < -0.3 is 20.5 Å². The Labute approximate surface area is 183 Å². The second-order valence-electron chi connectivity index (χ2n) is 7.28. The van der Waals surface area contributed by atoms with Gasteiger partial charge in [-0.1, -0.05) is 30.3 Å². The number of para-hydroxylation sites is 1. The molecule has 1 unspecified atom stereocenters. The molecule has 0 aliphatic heterocycles. The first-order valence-electron chi connectivity index (χ1n) is 10.5. The molecule has 164 valence electrons. The summed E-state index contributed by atoms with van der Waals surface area (Å²) in [5.41, 5.74) is 1.76. The Hall–Kier alpha value is -3.39. The fourth-order valence-corrected chi connectivity index (χ4v) is 3.04. The van der Waals surface area contributed by atoms with E-state index in [1.165, 1.54) is 0 Å². The fourth-order valence-electron chi connectivity index (χ4n) is 3.04. The van der Waals surface area contributed by atoms with Crippen LogP contribution in [-0.2, 0) is 6.54 Å². The third-order valence-corrected chi connectivity index (χ3v) is 4.45. The predicted molar refractivity (Wildman–Crippen MR) is 121 cm³/mol. The van der Waals surface area contributed by atoms with E-state index < -0.39 is 6.10 Å². The van der Waals surface area contributed by atoms with E-state index in [2.05, 4.69) is 25.8 Å². The number of aliphatic hydroxyl groups excluding tert-OH is 1. The van der Waals surface area contributed by atoms with Crippen molar-refractivity contribution in [2.24, 2.45) is 4.99 Å². The number of hydrogen-bond acceptors (Lipinski definition) is 5. The van der Waals surface area contributed by atoms with E-state index in [1.807, 2.05) is 79.9 Å². The zero-order valence-electron chi connectivity index (χ0n) is 18.2. The van der Waals surface area contributed by atoms with Crippen molar-refractivity contribution >= 4 is 5.96 Å². The Morgan fingerprint density at radius 2 is 1.94 bits per heavy atom. The summed E-state index contributed by atoms with van der Waals surface area (Å²) < 4.78 is 7.62. The van der Waals surface area contributed by atoms with E-state index in [9.17, 15) is 5.11 Å². The van der Waals surface area contributed by atoms with Crippen molar-refractivity contribution in [1.29, 1.82) is 0 Å². The molecule has 0 spiro atoms. The van der Waals surface area contributed by atoms with Gasteiger partial charge in [-0.05, 0) is 50.6 Å². The Balaban J connectivity index is 1.64. The van der Waals surface area contributed by atoms with E-state index in [0.717, 1.165) is 22.8 Å². The van der Waals surface area contributed by atoms with Crippen LogP contribution in [0.3, 0.4) is 0 Å². The highest BCUT2D eigenvalue weighted by molar-refractivity contribution is 5.79. The summed E-state index contributed by atoms with van der Waals surface area (Å²) in [4.78, 5) is 4.60. The van der Waals surface area contributed by atoms with Gasteiger partial charge in [-0.25, -0.2) is 4.99 Å². The summed E-state index contributed by atoms with van der Waals surface area (Å²) in [6.45, 7) is 7.29. The van der Waals surface area contributed by atoms with Crippen LogP contribution in [0.2, 0.25) is 0 Å². The van der Waals surface area contributed by atoms with Gasteiger partial charge in [0.2, 0.25) is 0 Å². The zero-order chi connectivity index (χ0) is 22.1. The molecule has 0 aliphatic carbocycles. The molecule has 3 N–H and O–H groups in total. The smallest absolute Gasteiger partial charge is 0.191 e. The third-order valence-electron chi connectivity index (χ3n) is 4.45. The second-order valence-corrected chi connectivity index (χ2v) is 7.28. The molecule has 0 saturated heterocycles. The van der Waals surface area contributed by atoms with E-state index in [4.69, 9.17) is 4.74 Å². The first-order chi connectivity index (χ1) is 15.1. The summed E-state index contributed by atoms with van der Waals surface area (Å²) in [5.74, 6) is 2.06. The van der Waals surface area contributed by atoms with Crippen LogP contribution >= 0.6 is 0 Å². The number of guanidine groups is 1. The average Bonchev–Trinajstić information content (AvgIpc) is 3.24. The lowest BCUT2D eigenvalue weighted by molar-refractivity contribution is 0.179. The standard InChI is InChI=1S/C23H30N6O2/c1-4-24-23(25-14-21(30)18-9-8-12-20(13-18)31-17(2)3)26-15-22-28-27-16-29(22)19-10-6-5-7-11-19/h5-13,16-17,21,30H,4,14-15H2,1-3H3,(H2,24,25,26). The van der Waals surface area contributed by atoms with Gasteiger partial charge in [0.05, 0.1) is 12.2 Å². The minimum absolute atomic E-state index is 0.0796. The minimum atomic E-state index is -0.701. The molecule has 0 aliphatic rings. The largest absolute Gasteiger partial charge is 0.491 e. The SMILES string of the molecule is CCNC(=NCc1nncn1-c1ccccc1)NCC(O)c1cccc(OC(C)C)c1. The van der Waals surface area contributed by atoms with Crippen LogP contribution in [0.4, 0.5) is 0 Å². The summed E-state index contributed by atoms with van der Waals surface area (Å²) in [5, 5.41) is 25.2. The summed E-state index contributed by atoms with van der Waals surface area (Å²) in [7, 11) is 0. The van der Waals surface area contributed by atoms with Gasteiger partial charge in [-0.3, -0.25) is 4.57 Å². The number of nitrogens with one attached hydrogen (secondary N) is 2. The molecule has 8 heteroatoms. The molecule has 0 saturated carbocycles. The van der Waals surface area contributed by atoms with Crippen molar-refractivity contribution in [3.05, 3.63) is 72.3 Å². The summed E-state index contributed by atoms with van der Waals surface area (Å²) >= 11 is 0. The molecule has 1 atom stereocenters. The van der Waals surface area contributed by atoms with Gasteiger partial charge >= 0.3 is 0 Å². The number of nitrogens with zero attached hydrogens (tertiary/aromatic N) is 4. The zero-order valence-corrected chi connectivity index (χ0v) is 18.2. The van der Waals surface area contributed by atoms with E-state index >= 15 is 0 Å². The van der Waals surface area contributed by atoms with Gasteiger partial charge in [-0.2, -0.15) is 0 Å². The molecule has 2 aromatic carbocycles. The van der Waals surface area contributed by atoms with Gasteiger partial charge in [0.25, 0.3) is 0 Å². The molecule has 31 heavy (non-hydrogen) atoms. The van der Waals surface area contributed by atoms with E-state index in [0.29, 0.717) is 25.6 Å². The van der Waals surface area contributed by atoms with Crippen molar-refractivity contribution in [3.63, 3.8) is 0 Å². The minimum Gasteiger partial charge on any atom is -0.491 e. The lowest BCUT2D eigenvalue weighted by atomic mass is 10.1. The average molecular weight is 423 g/mol. The van der Waals surface area contributed by atoms with Crippen molar-refractivity contribution in [1.82, 2.24) is 25.4 Å². The first kappa shape index (κ1) is 22.3. The van der Waals surface area contributed by atoms with Crippen LogP contribution in [-0.4, -0.2) is 45.0 Å². The number of hydrogen-bond donors (Lipinski definition) is 3. The van der Waals surface area contributed by atoms with Gasteiger partial charge in [0.15, 0.2) is 11.8 Å². The van der Waals surface area contributed by atoms with Crippen LogP contribution in [0.1, 0.15) is 38.3 Å². The highest BCUT2D eigenvalue weighted by Crippen LogP contribution is 2.20. The Morgan fingerprint density at radius 3 is 2.68 bits per heavy atom. The van der Waals surface area contributed by atoms with Gasteiger partial charge in [0.1, 0.15) is 18.6 Å². The number of benzene rings is 2. The maximum Gasteiger partial charge on any atom is 0.191 e. The van der Waals surface area contributed by atoms with Crippen molar-refractivity contribution in [2.45, 2.75) is 39.5 Å². The topological polar surface area (TPSA) is 96.6 Å². The van der Waals surface area contributed by atoms with Crippen LogP contribution in [0, 0.1) is 0 Å². The normalized spacial score (nSPS) is 12.6. The molecule has 8 nitrogen and oxygen atoms in total. The van der Waals surface area contributed by atoms with Crippen molar-refractivity contribution in [3.8, 4) is 11.4 Å². The molecule has 3 rings (SSSR count). The third kappa shape index (κ3) is 6.55. The van der Waals surface area contributed by atoms with Crippen LogP contribution in [0.15, 0.2) is 65.9 Å². The van der Waals surface area contributed by atoms with Crippen LogP contribution < -0.4 is 15.4 Å². The molecular weight excluding hydrogens is 392 g/mol. The molecule has 0 fully saturated rings. The molecule has 0 amide bonds. The lowest BCUT2D eigenvalue weighted by Gasteiger charge is -2.17. The maximum absolute atomic E-state index is 10.6. The maximum atomic E-state index is 10.6. The van der Waals surface area contributed by atoms with Crippen molar-refractivity contribution < 1.29 is 9.84 Å². The Morgan fingerprint density at radius 1 is 1.13 bits per heavy atom. The summed E-state index contributed by atoms with van der Waals surface area (Å²) in [6.07, 6.45) is 1.06. The quantitative estimate of drug-likeness (QED) is 0.362. The molecular formula is C23H30N6O2. The molecule has 1 aromatic heterocycles. The van der Waals surface area contributed by atoms with Crippen molar-refractivity contribution in [2.75, 3.05) is 13.1 Å². The van der Waals surface area contributed by atoms with E-state index in [1.54, 1.807) is 6.33 Å². The molecule has 1 heterocycles.